The molecule has 2 N–H and O–H groups in total. The molecule has 0 amide bonds. The molecular formula is C13H22N4O. The fourth-order valence-electron chi connectivity index (χ4n) is 2.48. The van der Waals surface area contributed by atoms with Crippen LogP contribution in [0.15, 0.2) is 0 Å². The van der Waals surface area contributed by atoms with E-state index in [0.717, 1.165) is 18.7 Å². The van der Waals surface area contributed by atoms with Crippen molar-refractivity contribution in [3.05, 3.63) is 11.6 Å². The Hall–Kier alpha value is -1.23. The number of ether oxygens (including phenoxy) is 1. The van der Waals surface area contributed by atoms with E-state index in [-0.39, 0.29) is 6.10 Å². The van der Waals surface area contributed by atoms with Crippen LogP contribution in [-0.2, 0) is 4.74 Å². The number of nitrogen functional groups attached to an aromatic ring is 1. The molecule has 0 spiro atoms. The first-order valence-corrected chi connectivity index (χ1v) is 6.83. The summed E-state index contributed by atoms with van der Waals surface area (Å²) in [6.07, 6.45) is 6.03. The van der Waals surface area contributed by atoms with Gasteiger partial charge in [0.1, 0.15) is 11.9 Å². The van der Waals surface area contributed by atoms with Crippen molar-refractivity contribution in [1.82, 2.24) is 15.0 Å². The van der Waals surface area contributed by atoms with Crippen LogP contribution in [0.1, 0.15) is 69.6 Å². The first-order chi connectivity index (χ1) is 8.70. The molecule has 5 nitrogen and oxygen atoms in total. The minimum Gasteiger partial charge on any atom is -0.371 e. The monoisotopic (exact) mass is 250 g/mol. The van der Waals surface area contributed by atoms with Crippen LogP contribution >= 0.6 is 0 Å². The highest BCUT2D eigenvalue weighted by atomic mass is 16.5. The van der Waals surface area contributed by atoms with Crippen LogP contribution in [0.2, 0.25) is 0 Å². The number of rotatable bonds is 4. The fraction of sp³-hybridized carbons (Fsp3) is 0.769. The number of aromatic nitrogens is 3. The van der Waals surface area contributed by atoms with Gasteiger partial charge in [0.25, 0.3) is 0 Å². The molecule has 1 unspecified atom stereocenters. The zero-order chi connectivity index (χ0) is 13.0. The van der Waals surface area contributed by atoms with Gasteiger partial charge in [-0.05, 0) is 26.7 Å². The van der Waals surface area contributed by atoms with Crippen molar-refractivity contribution < 1.29 is 4.74 Å². The predicted molar refractivity (Wildman–Crippen MR) is 70.1 cm³/mol. The molecule has 18 heavy (non-hydrogen) atoms. The first kappa shape index (κ1) is 13.2. The molecular weight excluding hydrogens is 228 g/mol. The average molecular weight is 250 g/mol. The third-order valence-corrected chi connectivity index (χ3v) is 3.44. The van der Waals surface area contributed by atoms with Crippen molar-refractivity contribution in [2.24, 2.45) is 0 Å². The van der Waals surface area contributed by atoms with Gasteiger partial charge in [0.05, 0.1) is 0 Å². The summed E-state index contributed by atoms with van der Waals surface area (Å²) in [7, 11) is 0. The highest BCUT2D eigenvalue weighted by molar-refractivity contribution is 5.18. The highest BCUT2D eigenvalue weighted by Crippen LogP contribution is 2.31. The molecule has 1 saturated carbocycles. The van der Waals surface area contributed by atoms with Crippen LogP contribution in [0.3, 0.4) is 0 Å². The number of nitrogens with two attached hydrogens (primary N) is 1. The molecule has 0 radical (unpaired) electrons. The second-order valence-electron chi connectivity index (χ2n) is 4.84. The summed E-state index contributed by atoms with van der Waals surface area (Å²) in [5.41, 5.74) is 5.78. The standard InChI is InChI=1S/C13H22N4O/c1-3-18-9(2)11-15-12(17-13(14)16-11)10-7-5-4-6-8-10/h9-10H,3-8H2,1-2H3,(H2,14,15,16,17). The smallest absolute Gasteiger partial charge is 0.223 e. The van der Waals surface area contributed by atoms with Gasteiger partial charge in [-0.25, -0.2) is 4.98 Å². The van der Waals surface area contributed by atoms with Gasteiger partial charge in [-0.3, -0.25) is 0 Å². The Balaban J connectivity index is 2.19. The Morgan fingerprint density at radius 2 is 1.94 bits per heavy atom. The van der Waals surface area contributed by atoms with Gasteiger partial charge in [-0.15, -0.1) is 0 Å². The maximum absolute atomic E-state index is 5.78. The average Bonchev–Trinajstić information content (AvgIpc) is 2.39. The van der Waals surface area contributed by atoms with Crippen molar-refractivity contribution in [2.45, 2.75) is 58.0 Å². The lowest BCUT2D eigenvalue weighted by atomic mass is 9.89. The zero-order valence-electron chi connectivity index (χ0n) is 11.2. The largest absolute Gasteiger partial charge is 0.371 e. The minimum atomic E-state index is -0.123. The zero-order valence-corrected chi connectivity index (χ0v) is 11.2. The number of hydrogen-bond acceptors (Lipinski definition) is 5. The number of hydrogen-bond donors (Lipinski definition) is 1. The van der Waals surface area contributed by atoms with E-state index in [4.69, 9.17) is 10.5 Å². The second-order valence-corrected chi connectivity index (χ2v) is 4.84. The van der Waals surface area contributed by atoms with Gasteiger partial charge in [0.2, 0.25) is 5.95 Å². The molecule has 1 aromatic heterocycles. The Morgan fingerprint density at radius 3 is 2.61 bits per heavy atom. The summed E-state index contributed by atoms with van der Waals surface area (Å²) in [4.78, 5) is 13.0. The molecule has 0 aliphatic heterocycles. The van der Waals surface area contributed by atoms with E-state index in [9.17, 15) is 0 Å². The lowest BCUT2D eigenvalue weighted by molar-refractivity contribution is 0.0697. The van der Waals surface area contributed by atoms with E-state index in [1.54, 1.807) is 0 Å². The van der Waals surface area contributed by atoms with Gasteiger partial charge in [-0.2, -0.15) is 9.97 Å². The molecule has 1 fully saturated rings. The van der Waals surface area contributed by atoms with Crippen molar-refractivity contribution in [3.63, 3.8) is 0 Å². The van der Waals surface area contributed by atoms with Crippen LogP contribution in [0.5, 0.6) is 0 Å². The van der Waals surface area contributed by atoms with Gasteiger partial charge < -0.3 is 10.5 Å². The van der Waals surface area contributed by atoms with Crippen LogP contribution in [0.25, 0.3) is 0 Å². The third kappa shape index (κ3) is 3.16. The van der Waals surface area contributed by atoms with Gasteiger partial charge >= 0.3 is 0 Å². The summed E-state index contributed by atoms with van der Waals surface area (Å²) in [6, 6.07) is 0. The molecule has 100 valence electrons. The van der Waals surface area contributed by atoms with E-state index < -0.39 is 0 Å². The van der Waals surface area contributed by atoms with E-state index in [0.29, 0.717) is 24.3 Å². The van der Waals surface area contributed by atoms with Crippen LogP contribution in [0.4, 0.5) is 5.95 Å². The summed E-state index contributed by atoms with van der Waals surface area (Å²) in [5.74, 6) is 2.26. The lowest BCUT2D eigenvalue weighted by Crippen LogP contribution is -2.15. The van der Waals surface area contributed by atoms with Crippen molar-refractivity contribution in [1.29, 1.82) is 0 Å². The Kier molecular flexibility index (Phi) is 4.47. The van der Waals surface area contributed by atoms with Crippen LogP contribution < -0.4 is 5.73 Å². The molecule has 1 aliphatic rings. The summed E-state index contributed by atoms with van der Waals surface area (Å²) < 4.78 is 5.52. The van der Waals surface area contributed by atoms with Gasteiger partial charge in [0, 0.05) is 12.5 Å². The molecule has 1 atom stereocenters. The lowest BCUT2D eigenvalue weighted by Gasteiger charge is -2.21. The molecule has 2 rings (SSSR count). The Bertz CT molecular complexity index is 391. The van der Waals surface area contributed by atoms with E-state index in [2.05, 4.69) is 15.0 Å². The fourth-order valence-corrected chi connectivity index (χ4v) is 2.48. The molecule has 1 aliphatic carbocycles. The molecule has 0 bridgehead atoms. The van der Waals surface area contributed by atoms with E-state index in [1.807, 2.05) is 13.8 Å². The summed E-state index contributed by atoms with van der Waals surface area (Å²) >= 11 is 0. The summed E-state index contributed by atoms with van der Waals surface area (Å²) in [5, 5.41) is 0. The number of anilines is 1. The SMILES string of the molecule is CCOC(C)c1nc(N)nc(C2CCCCC2)n1. The van der Waals surface area contributed by atoms with Crippen molar-refractivity contribution in [3.8, 4) is 0 Å². The second kappa shape index (κ2) is 6.09. The van der Waals surface area contributed by atoms with Crippen molar-refractivity contribution >= 4 is 5.95 Å². The van der Waals surface area contributed by atoms with Crippen LogP contribution in [-0.4, -0.2) is 21.6 Å². The van der Waals surface area contributed by atoms with Crippen LogP contribution in [0, 0.1) is 0 Å². The summed E-state index contributed by atoms with van der Waals surface area (Å²) in [6.45, 7) is 4.55. The van der Waals surface area contributed by atoms with E-state index in [1.165, 1.54) is 19.3 Å². The quantitative estimate of drug-likeness (QED) is 0.889. The van der Waals surface area contributed by atoms with Gasteiger partial charge in [0.15, 0.2) is 5.82 Å². The van der Waals surface area contributed by atoms with Gasteiger partial charge in [-0.1, -0.05) is 19.3 Å². The maximum atomic E-state index is 5.78. The highest BCUT2D eigenvalue weighted by Gasteiger charge is 2.21. The Morgan fingerprint density at radius 1 is 1.22 bits per heavy atom. The molecule has 5 heteroatoms. The Labute approximate surface area is 108 Å². The topological polar surface area (TPSA) is 73.9 Å². The number of nitrogens with zero attached hydrogens (tertiary/aromatic N) is 3. The maximum Gasteiger partial charge on any atom is 0.223 e. The molecule has 1 aromatic rings. The van der Waals surface area contributed by atoms with E-state index >= 15 is 0 Å². The normalized spacial score (nSPS) is 18.8. The third-order valence-electron chi connectivity index (χ3n) is 3.44. The first-order valence-electron chi connectivity index (χ1n) is 6.83. The van der Waals surface area contributed by atoms with Crippen molar-refractivity contribution in [2.75, 3.05) is 12.3 Å². The molecule has 0 saturated heterocycles. The molecule has 1 heterocycles. The predicted octanol–water partition coefficient (Wildman–Crippen LogP) is 2.60. The molecule has 0 aromatic carbocycles. The minimum absolute atomic E-state index is 0.123.